The van der Waals surface area contributed by atoms with Crippen molar-refractivity contribution in [2.45, 2.75) is 26.3 Å². The van der Waals surface area contributed by atoms with Gasteiger partial charge in [0.05, 0.1) is 4.92 Å². The maximum absolute atomic E-state index is 12.3. The molecule has 1 aliphatic heterocycles. The molecule has 1 amide bonds. The van der Waals surface area contributed by atoms with Crippen molar-refractivity contribution in [3.8, 4) is 0 Å². The molecule has 0 bridgehead atoms. The number of carbonyl (C=O) groups is 1. The van der Waals surface area contributed by atoms with Crippen LogP contribution in [0.15, 0.2) is 18.2 Å². The van der Waals surface area contributed by atoms with Gasteiger partial charge in [0.25, 0.3) is 11.6 Å². The van der Waals surface area contributed by atoms with Gasteiger partial charge in [0.2, 0.25) is 0 Å². The zero-order valence-electron chi connectivity index (χ0n) is 11.8. The van der Waals surface area contributed by atoms with Crippen molar-refractivity contribution in [3.05, 3.63) is 39.4 Å². The van der Waals surface area contributed by atoms with Gasteiger partial charge in [0.15, 0.2) is 0 Å². The number of hydrogen-bond donors (Lipinski definition) is 1. The monoisotopic (exact) mass is 277 g/mol. The van der Waals surface area contributed by atoms with Gasteiger partial charge in [-0.3, -0.25) is 14.9 Å². The maximum Gasteiger partial charge on any atom is 0.270 e. The summed E-state index contributed by atoms with van der Waals surface area (Å²) >= 11 is 0. The number of non-ortho nitro benzene ring substituents is 1. The lowest BCUT2D eigenvalue weighted by Gasteiger charge is -2.28. The number of carbonyl (C=O) groups excluding carboxylic acids is 1. The maximum atomic E-state index is 12.3. The topological polar surface area (TPSA) is 75.5 Å². The standard InChI is InChI=1S/C14H19N3O3/c1-10(2)15-6-8-16-7-5-11-3-4-12(17(19)20)9-13(11)14(16)18/h3-4,9-10,15H,5-8H2,1-2H3. The van der Waals surface area contributed by atoms with Crippen molar-refractivity contribution in [2.75, 3.05) is 19.6 Å². The van der Waals surface area contributed by atoms with E-state index in [-0.39, 0.29) is 11.6 Å². The Morgan fingerprint density at radius 3 is 2.85 bits per heavy atom. The number of nitrogens with one attached hydrogen (secondary N) is 1. The van der Waals surface area contributed by atoms with Crippen LogP contribution in [-0.4, -0.2) is 41.4 Å². The number of nitro groups is 1. The fraction of sp³-hybridized carbons (Fsp3) is 0.500. The van der Waals surface area contributed by atoms with E-state index < -0.39 is 4.92 Å². The van der Waals surface area contributed by atoms with Crippen LogP contribution in [0.5, 0.6) is 0 Å². The molecule has 0 saturated carbocycles. The highest BCUT2D eigenvalue weighted by Crippen LogP contribution is 2.23. The Hall–Kier alpha value is -1.95. The van der Waals surface area contributed by atoms with Gasteiger partial charge in [-0.05, 0) is 12.0 Å². The van der Waals surface area contributed by atoms with Crippen molar-refractivity contribution in [1.29, 1.82) is 0 Å². The highest BCUT2D eigenvalue weighted by molar-refractivity contribution is 5.97. The fourth-order valence-electron chi connectivity index (χ4n) is 2.32. The third-order valence-corrected chi connectivity index (χ3v) is 3.41. The first kappa shape index (κ1) is 14.5. The third kappa shape index (κ3) is 3.14. The van der Waals surface area contributed by atoms with Gasteiger partial charge in [0, 0.05) is 43.4 Å². The van der Waals surface area contributed by atoms with E-state index in [9.17, 15) is 14.9 Å². The van der Waals surface area contributed by atoms with E-state index >= 15 is 0 Å². The summed E-state index contributed by atoms with van der Waals surface area (Å²) < 4.78 is 0. The van der Waals surface area contributed by atoms with Crippen LogP contribution < -0.4 is 5.32 Å². The molecule has 1 heterocycles. The largest absolute Gasteiger partial charge is 0.337 e. The second-order valence-corrected chi connectivity index (χ2v) is 5.25. The first-order valence-electron chi connectivity index (χ1n) is 6.79. The summed E-state index contributed by atoms with van der Waals surface area (Å²) in [5, 5.41) is 14.1. The van der Waals surface area contributed by atoms with E-state index in [0.717, 1.165) is 18.5 Å². The lowest BCUT2D eigenvalue weighted by atomic mass is 9.98. The predicted octanol–water partition coefficient (Wildman–Crippen LogP) is 1.59. The molecule has 0 aliphatic carbocycles. The van der Waals surface area contributed by atoms with E-state index in [1.165, 1.54) is 12.1 Å². The highest BCUT2D eigenvalue weighted by atomic mass is 16.6. The van der Waals surface area contributed by atoms with Crippen LogP contribution in [0.25, 0.3) is 0 Å². The summed E-state index contributed by atoms with van der Waals surface area (Å²) in [6.45, 7) is 6.13. The van der Waals surface area contributed by atoms with Crippen molar-refractivity contribution in [3.63, 3.8) is 0 Å². The Morgan fingerprint density at radius 1 is 1.45 bits per heavy atom. The normalized spacial score (nSPS) is 14.6. The van der Waals surface area contributed by atoms with Crippen LogP contribution in [0.2, 0.25) is 0 Å². The van der Waals surface area contributed by atoms with Crippen molar-refractivity contribution in [1.82, 2.24) is 10.2 Å². The van der Waals surface area contributed by atoms with Crippen LogP contribution in [0, 0.1) is 10.1 Å². The molecular formula is C14H19N3O3. The Balaban J connectivity index is 2.11. The lowest BCUT2D eigenvalue weighted by molar-refractivity contribution is -0.384. The van der Waals surface area contributed by atoms with E-state index in [2.05, 4.69) is 19.2 Å². The third-order valence-electron chi connectivity index (χ3n) is 3.41. The van der Waals surface area contributed by atoms with E-state index in [4.69, 9.17) is 0 Å². The molecule has 1 aliphatic rings. The van der Waals surface area contributed by atoms with E-state index in [0.29, 0.717) is 24.7 Å². The van der Waals surface area contributed by atoms with Crippen molar-refractivity contribution < 1.29 is 9.72 Å². The number of benzene rings is 1. The second-order valence-electron chi connectivity index (χ2n) is 5.25. The van der Waals surface area contributed by atoms with Gasteiger partial charge in [-0.2, -0.15) is 0 Å². The second kappa shape index (κ2) is 6.00. The van der Waals surface area contributed by atoms with Crippen LogP contribution in [0.4, 0.5) is 5.69 Å². The SMILES string of the molecule is CC(C)NCCN1CCc2ccc([N+](=O)[O-])cc2C1=O. The van der Waals surface area contributed by atoms with E-state index in [1.807, 2.05) is 0 Å². The number of nitrogens with zero attached hydrogens (tertiary/aromatic N) is 2. The summed E-state index contributed by atoms with van der Waals surface area (Å²) in [7, 11) is 0. The Kier molecular flexibility index (Phi) is 4.34. The Morgan fingerprint density at radius 2 is 2.20 bits per heavy atom. The molecule has 108 valence electrons. The summed E-state index contributed by atoms with van der Waals surface area (Å²) in [5.41, 5.74) is 1.34. The van der Waals surface area contributed by atoms with Gasteiger partial charge >= 0.3 is 0 Å². The predicted molar refractivity (Wildman–Crippen MR) is 75.8 cm³/mol. The molecular weight excluding hydrogens is 258 g/mol. The molecule has 2 rings (SSSR count). The smallest absolute Gasteiger partial charge is 0.270 e. The quantitative estimate of drug-likeness (QED) is 0.655. The summed E-state index contributed by atoms with van der Waals surface area (Å²) in [6, 6.07) is 4.92. The first-order valence-corrected chi connectivity index (χ1v) is 6.79. The van der Waals surface area contributed by atoms with Gasteiger partial charge in [-0.25, -0.2) is 0 Å². The van der Waals surface area contributed by atoms with Gasteiger partial charge in [-0.1, -0.05) is 19.9 Å². The average molecular weight is 277 g/mol. The molecule has 1 aromatic rings. The number of rotatable bonds is 5. The van der Waals surface area contributed by atoms with Crippen LogP contribution in [0.1, 0.15) is 29.8 Å². The van der Waals surface area contributed by atoms with Gasteiger partial charge < -0.3 is 10.2 Å². The summed E-state index contributed by atoms with van der Waals surface area (Å²) in [6.07, 6.45) is 0.751. The molecule has 20 heavy (non-hydrogen) atoms. The summed E-state index contributed by atoms with van der Waals surface area (Å²) in [4.78, 5) is 24.4. The Labute approximate surface area is 117 Å². The zero-order chi connectivity index (χ0) is 14.7. The highest BCUT2D eigenvalue weighted by Gasteiger charge is 2.25. The van der Waals surface area contributed by atoms with Gasteiger partial charge in [0.1, 0.15) is 0 Å². The molecule has 0 fully saturated rings. The molecule has 0 saturated heterocycles. The number of fused-ring (bicyclic) bond motifs is 1. The van der Waals surface area contributed by atoms with Crippen LogP contribution in [0.3, 0.4) is 0 Å². The molecule has 6 heteroatoms. The molecule has 6 nitrogen and oxygen atoms in total. The summed E-state index contributed by atoms with van der Waals surface area (Å²) in [5.74, 6) is -0.111. The lowest BCUT2D eigenvalue weighted by Crippen LogP contribution is -2.42. The number of amides is 1. The van der Waals surface area contributed by atoms with Crippen LogP contribution >= 0.6 is 0 Å². The molecule has 0 atom stereocenters. The molecule has 1 aromatic carbocycles. The minimum atomic E-state index is -0.465. The molecule has 0 aromatic heterocycles. The number of hydrogen-bond acceptors (Lipinski definition) is 4. The van der Waals surface area contributed by atoms with Crippen molar-refractivity contribution >= 4 is 11.6 Å². The van der Waals surface area contributed by atoms with E-state index in [1.54, 1.807) is 11.0 Å². The van der Waals surface area contributed by atoms with Crippen molar-refractivity contribution in [2.24, 2.45) is 0 Å². The minimum absolute atomic E-state index is 0.0285. The number of nitro benzene ring substituents is 1. The molecule has 0 unspecified atom stereocenters. The average Bonchev–Trinajstić information content (AvgIpc) is 2.40. The van der Waals surface area contributed by atoms with Crippen LogP contribution in [-0.2, 0) is 6.42 Å². The molecule has 0 radical (unpaired) electrons. The van der Waals surface area contributed by atoms with Gasteiger partial charge in [-0.15, -0.1) is 0 Å². The molecule has 0 spiro atoms. The Bertz CT molecular complexity index is 528. The first-order chi connectivity index (χ1) is 9.49. The minimum Gasteiger partial charge on any atom is -0.337 e. The molecule has 1 N–H and O–H groups in total. The fourth-order valence-corrected chi connectivity index (χ4v) is 2.32. The zero-order valence-corrected chi connectivity index (χ0v) is 11.8.